The molecule has 0 spiro atoms. The van der Waals surface area contributed by atoms with Crippen molar-refractivity contribution in [2.24, 2.45) is 0 Å². The normalized spacial score (nSPS) is 11.9. The Morgan fingerprint density at radius 3 is 2.56 bits per heavy atom. The van der Waals surface area contributed by atoms with E-state index in [1.54, 1.807) is 0 Å². The molecule has 1 amide bonds. The number of amides is 1. The van der Waals surface area contributed by atoms with Gasteiger partial charge in [0.2, 0.25) is 0 Å². The molecule has 4 heteroatoms. The van der Waals surface area contributed by atoms with Crippen LogP contribution in [0.15, 0.2) is 24.3 Å². The maximum Gasteiger partial charge on any atom is 0.419 e. The predicted octanol–water partition coefficient (Wildman–Crippen LogP) is 3.27. The van der Waals surface area contributed by atoms with Gasteiger partial charge in [0.05, 0.1) is 0 Å². The average molecular weight is 239 g/mol. The van der Waals surface area contributed by atoms with Crippen LogP contribution in [0.25, 0.3) is 0 Å². The van der Waals surface area contributed by atoms with E-state index in [2.05, 4.69) is 48.4 Å². The van der Waals surface area contributed by atoms with E-state index in [-0.39, 0.29) is 0 Å². The van der Waals surface area contributed by atoms with Gasteiger partial charge in [0, 0.05) is 19.5 Å². The number of thiol groups is 1. The number of hydrogen-bond donors (Lipinski definition) is 2. The van der Waals surface area contributed by atoms with Gasteiger partial charge in [-0.1, -0.05) is 38.1 Å². The number of carbonyl (C=O) groups excluding carboxylic acids is 1. The highest BCUT2D eigenvalue weighted by Crippen LogP contribution is 2.18. The zero-order chi connectivity index (χ0) is 12.0. The molecular weight excluding hydrogens is 222 g/mol. The molecule has 0 saturated heterocycles. The summed E-state index contributed by atoms with van der Waals surface area (Å²) < 4.78 is 4.20. The SMILES string of the molecule is CCC(C)c1ccc(CNC(=O)OS)cc1. The minimum absolute atomic E-state index is 0.459. The predicted molar refractivity (Wildman–Crippen MR) is 67.5 cm³/mol. The van der Waals surface area contributed by atoms with Gasteiger partial charge in [0.15, 0.2) is 0 Å². The average Bonchev–Trinajstić information content (AvgIpc) is 2.35. The molecule has 0 fully saturated rings. The highest BCUT2D eigenvalue weighted by Gasteiger charge is 2.03. The van der Waals surface area contributed by atoms with E-state index in [0.29, 0.717) is 12.5 Å². The number of nitrogens with one attached hydrogen (secondary N) is 1. The Hall–Kier alpha value is -1.16. The lowest BCUT2D eigenvalue weighted by molar-refractivity contribution is 0.209. The quantitative estimate of drug-likeness (QED) is 0.625. The van der Waals surface area contributed by atoms with Gasteiger partial charge >= 0.3 is 6.09 Å². The molecule has 3 nitrogen and oxygen atoms in total. The highest BCUT2D eigenvalue weighted by molar-refractivity contribution is 7.75. The molecule has 16 heavy (non-hydrogen) atoms. The molecule has 0 aliphatic carbocycles. The summed E-state index contributed by atoms with van der Waals surface area (Å²) in [6, 6.07) is 8.22. The van der Waals surface area contributed by atoms with Gasteiger partial charge in [-0.15, -0.1) is 0 Å². The summed E-state index contributed by atoms with van der Waals surface area (Å²) in [7, 11) is 0. The van der Waals surface area contributed by atoms with E-state index in [4.69, 9.17) is 0 Å². The molecule has 0 saturated carbocycles. The van der Waals surface area contributed by atoms with Crippen LogP contribution in [0.3, 0.4) is 0 Å². The van der Waals surface area contributed by atoms with Crippen molar-refractivity contribution in [3.63, 3.8) is 0 Å². The Morgan fingerprint density at radius 1 is 1.44 bits per heavy atom. The molecule has 1 N–H and O–H groups in total. The zero-order valence-electron chi connectivity index (χ0n) is 9.56. The summed E-state index contributed by atoms with van der Waals surface area (Å²) in [5.41, 5.74) is 2.37. The maximum absolute atomic E-state index is 10.8. The molecule has 1 aromatic carbocycles. The highest BCUT2D eigenvalue weighted by atomic mass is 32.1. The monoisotopic (exact) mass is 239 g/mol. The molecule has 0 aromatic heterocycles. The second kappa shape index (κ2) is 6.43. The second-order valence-electron chi connectivity index (χ2n) is 3.78. The molecule has 0 aliphatic heterocycles. The molecule has 0 heterocycles. The van der Waals surface area contributed by atoms with Gasteiger partial charge in [-0.3, -0.25) is 0 Å². The van der Waals surface area contributed by atoms with Crippen LogP contribution in [0.5, 0.6) is 0 Å². The number of carbonyl (C=O) groups is 1. The van der Waals surface area contributed by atoms with Crippen LogP contribution in [0, 0.1) is 0 Å². The first kappa shape index (κ1) is 12.9. The van der Waals surface area contributed by atoms with Crippen LogP contribution in [0.4, 0.5) is 4.79 Å². The van der Waals surface area contributed by atoms with Gasteiger partial charge in [-0.25, -0.2) is 4.79 Å². The summed E-state index contributed by atoms with van der Waals surface area (Å²) in [5.74, 6) is 0.574. The van der Waals surface area contributed by atoms with Crippen molar-refractivity contribution >= 4 is 19.0 Å². The lowest BCUT2D eigenvalue weighted by atomic mass is 9.98. The van der Waals surface area contributed by atoms with Gasteiger partial charge in [0.25, 0.3) is 0 Å². The minimum atomic E-state index is -0.533. The van der Waals surface area contributed by atoms with Crippen molar-refractivity contribution in [2.75, 3.05) is 0 Å². The molecule has 1 rings (SSSR count). The standard InChI is InChI=1S/C12H17NO2S/c1-3-9(2)11-6-4-10(5-7-11)8-13-12(14)15-16/h4-7,9,16H,3,8H2,1-2H3,(H,13,14). The Morgan fingerprint density at radius 2 is 2.06 bits per heavy atom. The lowest BCUT2D eigenvalue weighted by Gasteiger charge is -2.09. The van der Waals surface area contributed by atoms with Crippen LogP contribution in [0.2, 0.25) is 0 Å². The largest absolute Gasteiger partial charge is 0.419 e. The van der Waals surface area contributed by atoms with Crippen molar-refractivity contribution in [3.05, 3.63) is 35.4 Å². The Kier molecular flexibility index (Phi) is 5.19. The number of benzene rings is 1. The van der Waals surface area contributed by atoms with Crippen molar-refractivity contribution in [2.45, 2.75) is 32.7 Å². The summed E-state index contributed by atoms with van der Waals surface area (Å²) in [5, 5.41) is 2.57. The van der Waals surface area contributed by atoms with Gasteiger partial charge in [0.1, 0.15) is 0 Å². The van der Waals surface area contributed by atoms with Crippen molar-refractivity contribution in [1.82, 2.24) is 5.32 Å². The van der Waals surface area contributed by atoms with E-state index in [0.717, 1.165) is 12.0 Å². The van der Waals surface area contributed by atoms with Gasteiger partial charge < -0.3 is 9.50 Å². The number of rotatable bonds is 4. The Bertz CT molecular complexity index is 337. The van der Waals surface area contributed by atoms with E-state index < -0.39 is 6.09 Å². The molecule has 0 aliphatic rings. The van der Waals surface area contributed by atoms with Gasteiger partial charge in [-0.05, 0) is 23.5 Å². The van der Waals surface area contributed by atoms with Crippen LogP contribution < -0.4 is 5.32 Å². The fourth-order valence-corrected chi connectivity index (χ4v) is 1.47. The first-order chi connectivity index (χ1) is 7.67. The van der Waals surface area contributed by atoms with E-state index in [1.165, 1.54) is 5.56 Å². The summed E-state index contributed by atoms with van der Waals surface area (Å²) >= 11 is 3.41. The first-order valence-electron chi connectivity index (χ1n) is 5.35. The van der Waals surface area contributed by atoms with Crippen molar-refractivity contribution in [3.8, 4) is 0 Å². The van der Waals surface area contributed by atoms with Crippen molar-refractivity contribution < 1.29 is 8.98 Å². The molecular formula is C12H17NO2S. The molecule has 1 aromatic rings. The van der Waals surface area contributed by atoms with Crippen LogP contribution in [0.1, 0.15) is 37.3 Å². The second-order valence-corrected chi connectivity index (χ2v) is 3.97. The lowest BCUT2D eigenvalue weighted by Crippen LogP contribution is -2.20. The smallest absolute Gasteiger partial charge is 0.378 e. The van der Waals surface area contributed by atoms with E-state index in [9.17, 15) is 4.79 Å². The fraction of sp³-hybridized carbons (Fsp3) is 0.417. The maximum atomic E-state index is 10.8. The van der Waals surface area contributed by atoms with Crippen molar-refractivity contribution in [1.29, 1.82) is 0 Å². The molecule has 0 bridgehead atoms. The molecule has 0 radical (unpaired) electrons. The zero-order valence-corrected chi connectivity index (χ0v) is 10.5. The topological polar surface area (TPSA) is 38.3 Å². The van der Waals surface area contributed by atoms with Gasteiger partial charge in [-0.2, -0.15) is 0 Å². The summed E-state index contributed by atoms with van der Waals surface area (Å²) in [6.45, 7) is 4.83. The third kappa shape index (κ3) is 3.77. The Balaban J connectivity index is 2.54. The van der Waals surface area contributed by atoms with E-state index >= 15 is 0 Å². The van der Waals surface area contributed by atoms with E-state index in [1.807, 2.05) is 12.1 Å². The fourth-order valence-electron chi connectivity index (χ4n) is 1.41. The number of hydrogen-bond acceptors (Lipinski definition) is 3. The Labute approximate surface area is 102 Å². The minimum Gasteiger partial charge on any atom is -0.378 e. The molecule has 88 valence electrons. The summed E-state index contributed by atoms with van der Waals surface area (Å²) in [4.78, 5) is 10.8. The van der Waals surface area contributed by atoms with Crippen LogP contribution in [-0.2, 0) is 10.7 Å². The summed E-state index contributed by atoms with van der Waals surface area (Å²) in [6.07, 6.45) is 0.596. The molecule has 1 unspecified atom stereocenters. The van der Waals surface area contributed by atoms with Crippen LogP contribution in [-0.4, -0.2) is 6.09 Å². The van der Waals surface area contributed by atoms with Crippen LogP contribution >= 0.6 is 12.9 Å². The molecule has 1 atom stereocenters. The third-order valence-corrected chi connectivity index (χ3v) is 2.85. The first-order valence-corrected chi connectivity index (χ1v) is 5.72. The third-order valence-electron chi connectivity index (χ3n) is 2.68.